The maximum atomic E-state index is 5.81. The van der Waals surface area contributed by atoms with Gasteiger partial charge in [0.1, 0.15) is 5.60 Å². The average molecular weight is 217 g/mol. The fourth-order valence-corrected chi connectivity index (χ4v) is 1.77. The number of aryl methyl sites for hydroxylation is 2. The van der Waals surface area contributed by atoms with Crippen molar-refractivity contribution < 1.29 is 9.31 Å². The minimum Gasteiger partial charge on any atom is -0.534 e. The van der Waals surface area contributed by atoms with E-state index in [-0.39, 0.29) is 7.12 Å². The molecule has 84 valence electrons. The Kier molecular flexibility index (Phi) is 2.54. The van der Waals surface area contributed by atoms with Crippen molar-refractivity contribution in [2.75, 3.05) is 0 Å². The number of hydrogen-bond donors (Lipinski definition) is 0. The molecule has 0 bridgehead atoms. The molecule has 1 fully saturated rings. The van der Waals surface area contributed by atoms with Crippen LogP contribution in [0.4, 0.5) is 0 Å². The normalized spacial score (nSPS) is 18.8. The van der Waals surface area contributed by atoms with Gasteiger partial charge in [0.2, 0.25) is 0 Å². The largest absolute Gasteiger partial charge is 0.563 e. The second kappa shape index (κ2) is 3.63. The number of aromatic nitrogens is 1. The van der Waals surface area contributed by atoms with Crippen LogP contribution in [0, 0.1) is 13.8 Å². The summed E-state index contributed by atoms with van der Waals surface area (Å²) in [6, 6.07) is 3.96. The molecule has 1 aromatic heterocycles. The first kappa shape index (κ1) is 11.2. The molecule has 0 spiro atoms. The Morgan fingerprint density at radius 1 is 1.25 bits per heavy atom. The third kappa shape index (κ3) is 1.98. The molecular formula is C12H16BNO2. The minimum absolute atomic E-state index is 0.358. The van der Waals surface area contributed by atoms with Gasteiger partial charge in [-0.3, -0.25) is 4.98 Å². The number of pyridine rings is 1. The van der Waals surface area contributed by atoms with Crippen molar-refractivity contribution in [1.82, 2.24) is 4.98 Å². The van der Waals surface area contributed by atoms with Gasteiger partial charge >= 0.3 is 7.12 Å². The molecular weight excluding hydrogens is 201 g/mol. The van der Waals surface area contributed by atoms with Crippen molar-refractivity contribution in [3.63, 3.8) is 0 Å². The predicted octanol–water partition coefficient (Wildman–Crippen LogP) is 1.73. The first-order valence-corrected chi connectivity index (χ1v) is 5.37. The highest BCUT2D eigenvalue weighted by molar-refractivity contribution is 6.62. The molecule has 2 heterocycles. The molecule has 0 saturated carbocycles. The van der Waals surface area contributed by atoms with Crippen LogP contribution in [-0.2, 0) is 9.31 Å². The van der Waals surface area contributed by atoms with Gasteiger partial charge in [-0.2, -0.15) is 0 Å². The second-order valence-corrected chi connectivity index (χ2v) is 4.68. The van der Waals surface area contributed by atoms with E-state index in [0.29, 0.717) is 5.76 Å². The summed E-state index contributed by atoms with van der Waals surface area (Å²) in [6.07, 6.45) is 0. The monoisotopic (exact) mass is 217 g/mol. The van der Waals surface area contributed by atoms with E-state index in [1.54, 1.807) is 0 Å². The Labute approximate surface area is 96.6 Å². The maximum Gasteiger partial charge on any atom is 0.563 e. The third-order valence-electron chi connectivity index (χ3n) is 2.70. The fourth-order valence-electron chi connectivity index (χ4n) is 1.77. The van der Waals surface area contributed by atoms with Crippen LogP contribution >= 0.6 is 0 Å². The quantitative estimate of drug-likeness (QED) is 0.671. The number of nitrogens with zero attached hydrogens (tertiary/aromatic N) is 1. The van der Waals surface area contributed by atoms with Gasteiger partial charge in [-0.15, -0.1) is 0 Å². The van der Waals surface area contributed by atoms with Gasteiger partial charge in [-0.25, -0.2) is 0 Å². The third-order valence-corrected chi connectivity index (χ3v) is 2.70. The van der Waals surface area contributed by atoms with Crippen LogP contribution in [0.1, 0.15) is 25.2 Å². The lowest BCUT2D eigenvalue weighted by Gasteiger charge is -2.15. The van der Waals surface area contributed by atoms with Gasteiger partial charge in [0.05, 0.1) is 5.76 Å². The zero-order valence-corrected chi connectivity index (χ0v) is 10.2. The lowest BCUT2D eigenvalue weighted by Crippen LogP contribution is -2.35. The lowest BCUT2D eigenvalue weighted by molar-refractivity contribution is 0.173. The summed E-state index contributed by atoms with van der Waals surface area (Å²) in [5, 5.41) is 0. The van der Waals surface area contributed by atoms with Gasteiger partial charge in [-0.05, 0) is 39.8 Å². The Morgan fingerprint density at radius 3 is 2.25 bits per heavy atom. The molecule has 0 N–H and O–H groups in total. The van der Waals surface area contributed by atoms with Crippen molar-refractivity contribution in [3.05, 3.63) is 35.9 Å². The SMILES string of the molecule is C=C1OB(c2cc(C)nc(C)c2)OC1(C)C. The molecule has 0 atom stereocenters. The molecule has 0 aliphatic carbocycles. The van der Waals surface area contributed by atoms with Gasteiger partial charge in [0.15, 0.2) is 0 Å². The molecule has 0 aromatic carbocycles. The van der Waals surface area contributed by atoms with Crippen LogP contribution in [0.3, 0.4) is 0 Å². The zero-order chi connectivity index (χ0) is 11.9. The van der Waals surface area contributed by atoms with E-state index in [4.69, 9.17) is 9.31 Å². The van der Waals surface area contributed by atoms with E-state index in [0.717, 1.165) is 16.9 Å². The topological polar surface area (TPSA) is 31.4 Å². The van der Waals surface area contributed by atoms with Crippen molar-refractivity contribution in [2.45, 2.75) is 33.3 Å². The highest BCUT2D eigenvalue weighted by Crippen LogP contribution is 2.29. The summed E-state index contributed by atoms with van der Waals surface area (Å²) in [7, 11) is -0.358. The Bertz CT molecular complexity index is 422. The molecule has 0 amide bonds. The summed E-state index contributed by atoms with van der Waals surface area (Å²) in [5.41, 5.74) is 2.52. The molecule has 16 heavy (non-hydrogen) atoms. The van der Waals surface area contributed by atoms with Crippen LogP contribution in [0.25, 0.3) is 0 Å². The van der Waals surface area contributed by atoms with Crippen molar-refractivity contribution in [1.29, 1.82) is 0 Å². The molecule has 1 saturated heterocycles. The summed E-state index contributed by atoms with van der Waals surface area (Å²) in [5.74, 6) is 0.671. The van der Waals surface area contributed by atoms with E-state index in [2.05, 4.69) is 11.6 Å². The van der Waals surface area contributed by atoms with Crippen LogP contribution in [-0.4, -0.2) is 17.7 Å². The van der Waals surface area contributed by atoms with E-state index in [9.17, 15) is 0 Å². The van der Waals surface area contributed by atoms with Crippen molar-refractivity contribution in [3.8, 4) is 0 Å². The van der Waals surface area contributed by atoms with Gasteiger partial charge < -0.3 is 9.31 Å². The Hall–Kier alpha value is -1.29. The number of hydrogen-bond acceptors (Lipinski definition) is 3. The average Bonchev–Trinajstić information content (AvgIpc) is 2.40. The van der Waals surface area contributed by atoms with Crippen LogP contribution in [0.5, 0.6) is 0 Å². The first-order valence-electron chi connectivity index (χ1n) is 5.37. The highest BCUT2D eigenvalue weighted by atomic mass is 16.7. The fraction of sp³-hybridized carbons (Fsp3) is 0.417. The zero-order valence-electron chi connectivity index (χ0n) is 10.2. The lowest BCUT2D eigenvalue weighted by atomic mass is 9.79. The number of rotatable bonds is 1. The van der Waals surface area contributed by atoms with E-state index >= 15 is 0 Å². The molecule has 3 nitrogen and oxygen atoms in total. The molecule has 1 aliphatic rings. The molecule has 2 rings (SSSR count). The van der Waals surface area contributed by atoms with E-state index in [1.807, 2.05) is 39.8 Å². The molecule has 0 radical (unpaired) electrons. The van der Waals surface area contributed by atoms with Crippen LogP contribution in [0.15, 0.2) is 24.5 Å². The standard InChI is InChI=1S/C12H16BNO2/c1-8-6-11(7-9(2)14-8)13-15-10(3)12(4,5)16-13/h6-7H,3H2,1-2,4-5H3. The summed E-state index contributed by atoms with van der Waals surface area (Å²) < 4.78 is 11.4. The Morgan fingerprint density at radius 2 is 1.81 bits per heavy atom. The minimum atomic E-state index is -0.421. The summed E-state index contributed by atoms with van der Waals surface area (Å²) in [6.45, 7) is 11.7. The van der Waals surface area contributed by atoms with Crippen molar-refractivity contribution in [2.24, 2.45) is 0 Å². The second-order valence-electron chi connectivity index (χ2n) is 4.68. The van der Waals surface area contributed by atoms with Crippen LogP contribution < -0.4 is 5.46 Å². The molecule has 4 heteroatoms. The van der Waals surface area contributed by atoms with E-state index < -0.39 is 5.60 Å². The summed E-state index contributed by atoms with van der Waals surface area (Å²) in [4.78, 5) is 4.33. The molecule has 0 unspecified atom stereocenters. The Balaban J connectivity index is 2.30. The predicted molar refractivity (Wildman–Crippen MR) is 64.5 cm³/mol. The smallest absolute Gasteiger partial charge is 0.534 e. The highest BCUT2D eigenvalue weighted by Gasteiger charge is 2.42. The summed E-state index contributed by atoms with van der Waals surface area (Å²) >= 11 is 0. The van der Waals surface area contributed by atoms with Crippen molar-refractivity contribution >= 4 is 12.6 Å². The van der Waals surface area contributed by atoms with Gasteiger partial charge in [0.25, 0.3) is 0 Å². The first-order chi connectivity index (χ1) is 7.38. The van der Waals surface area contributed by atoms with Gasteiger partial charge in [0, 0.05) is 16.9 Å². The van der Waals surface area contributed by atoms with Gasteiger partial charge in [-0.1, -0.05) is 6.58 Å². The van der Waals surface area contributed by atoms with Crippen LogP contribution in [0.2, 0.25) is 0 Å². The molecule has 1 aromatic rings. The van der Waals surface area contributed by atoms with E-state index in [1.165, 1.54) is 0 Å². The maximum absolute atomic E-state index is 5.81. The molecule has 1 aliphatic heterocycles.